The Labute approximate surface area is 81.6 Å². The van der Waals surface area contributed by atoms with Crippen LogP contribution in [0.5, 0.6) is 0 Å². The lowest BCUT2D eigenvalue weighted by Crippen LogP contribution is -1.92. The zero-order valence-electron chi connectivity index (χ0n) is 7.21. The van der Waals surface area contributed by atoms with E-state index in [0.717, 1.165) is 16.6 Å². The van der Waals surface area contributed by atoms with Gasteiger partial charge in [-0.15, -0.1) is 0 Å². The molecule has 0 unspecified atom stereocenters. The largest absolute Gasteiger partial charge is 0.385 e. The summed E-state index contributed by atoms with van der Waals surface area (Å²) in [5.74, 6) is 0.472. The number of hydrogen-bond donors (Lipinski definition) is 1. The average Bonchev–Trinajstić information content (AvgIpc) is 2.04. The lowest BCUT2D eigenvalue weighted by Gasteiger charge is -2.10. The fourth-order valence-corrected chi connectivity index (χ4v) is 1.94. The Morgan fingerprint density at radius 2 is 2.08 bits per heavy atom. The fourth-order valence-electron chi connectivity index (χ4n) is 1.11. The van der Waals surface area contributed by atoms with Crippen molar-refractivity contribution in [3.8, 4) is 0 Å². The first kappa shape index (κ1) is 9.75. The van der Waals surface area contributed by atoms with Crippen LogP contribution in [0.15, 0.2) is 22.7 Å². The Balaban J connectivity index is 3.14. The van der Waals surface area contributed by atoms with Gasteiger partial charge in [-0.05, 0) is 17.0 Å². The van der Waals surface area contributed by atoms with Gasteiger partial charge in [0, 0.05) is 4.47 Å². The highest BCUT2D eigenvalue weighted by molar-refractivity contribution is 9.10. The Morgan fingerprint density at radius 3 is 2.58 bits per heavy atom. The van der Waals surface area contributed by atoms with Gasteiger partial charge in [-0.1, -0.05) is 48.0 Å². The second kappa shape index (κ2) is 4.06. The molecule has 1 nitrogen and oxygen atoms in total. The number of benzene rings is 1. The zero-order chi connectivity index (χ0) is 9.14. The van der Waals surface area contributed by atoms with Crippen molar-refractivity contribution in [2.75, 3.05) is 0 Å². The molecule has 2 heteroatoms. The third-order valence-corrected chi connectivity index (χ3v) is 2.74. The van der Waals surface area contributed by atoms with E-state index in [4.69, 9.17) is 5.11 Å². The summed E-state index contributed by atoms with van der Waals surface area (Å²) in [5, 5.41) is 8.87. The van der Waals surface area contributed by atoms with E-state index in [-0.39, 0.29) is 0 Å². The molecule has 0 fully saturated rings. The summed E-state index contributed by atoms with van der Waals surface area (Å²) in [6.45, 7) is 5.37. The molecule has 0 amide bonds. The maximum atomic E-state index is 8.87. The van der Waals surface area contributed by atoms with Crippen molar-refractivity contribution in [3.63, 3.8) is 0 Å². The minimum atomic E-state index is 0.472. The zero-order valence-corrected chi connectivity index (χ0v) is 8.80. The fraction of sp³-hybridized carbons (Fsp3) is 0.300. The van der Waals surface area contributed by atoms with Crippen molar-refractivity contribution in [1.29, 1.82) is 0 Å². The second-order valence-corrected chi connectivity index (χ2v) is 3.83. The Bertz CT molecular complexity index is 269. The quantitative estimate of drug-likeness (QED) is 0.821. The molecular weight excluding hydrogens is 216 g/mol. The van der Waals surface area contributed by atoms with E-state index in [2.05, 4.69) is 35.8 Å². The molecule has 0 spiro atoms. The average molecular weight is 228 g/mol. The van der Waals surface area contributed by atoms with E-state index >= 15 is 0 Å². The van der Waals surface area contributed by atoms with Gasteiger partial charge in [0.25, 0.3) is 0 Å². The highest BCUT2D eigenvalue weighted by Gasteiger charge is 2.07. The van der Waals surface area contributed by atoms with Crippen molar-refractivity contribution in [2.24, 2.45) is 0 Å². The molecule has 1 radical (unpaired) electrons. The highest BCUT2D eigenvalue weighted by atomic mass is 79.9. The number of hydrogen-bond acceptors (Lipinski definition) is 1. The normalized spacial score (nSPS) is 10.8. The van der Waals surface area contributed by atoms with Gasteiger partial charge in [-0.3, -0.25) is 0 Å². The van der Waals surface area contributed by atoms with Gasteiger partial charge >= 0.3 is 0 Å². The number of halogens is 1. The predicted molar refractivity (Wildman–Crippen MR) is 53.6 cm³/mol. The first-order chi connectivity index (χ1) is 5.66. The van der Waals surface area contributed by atoms with Gasteiger partial charge in [0.05, 0.1) is 0 Å². The molecule has 0 aromatic heterocycles. The SMILES string of the molecule is CC(C)c1cccc([CH]O)c1Br. The maximum absolute atomic E-state index is 8.87. The van der Waals surface area contributed by atoms with E-state index in [1.54, 1.807) is 0 Å². The maximum Gasteiger partial charge on any atom is 0.110 e. The molecule has 12 heavy (non-hydrogen) atoms. The third kappa shape index (κ3) is 1.87. The standard InChI is InChI=1S/C10H12BrO/c1-7(2)9-5-3-4-8(6-12)10(9)11/h3-7,12H,1-2H3. The molecular formula is C10H12BrO. The smallest absolute Gasteiger partial charge is 0.110 e. The van der Waals surface area contributed by atoms with Crippen LogP contribution in [0.3, 0.4) is 0 Å². The molecule has 0 heterocycles. The van der Waals surface area contributed by atoms with Gasteiger partial charge in [0.15, 0.2) is 0 Å². The first-order valence-electron chi connectivity index (χ1n) is 3.92. The van der Waals surface area contributed by atoms with Crippen LogP contribution in [0, 0.1) is 6.61 Å². The topological polar surface area (TPSA) is 20.2 Å². The van der Waals surface area contributed by atoms with Crippen molar-refractivity contribution in [1.82, 2.24) is 0 Å². The predicted octanol–water partition coefficient (Wildman–Crippen LogP) is 3.45. The monoisotopic (exact) mass is 227 g/mol. The molecule has 0 saturated carbocycles. The van der Waals surface area contributed by atoms with Crippen LogP contribution in [0.1, 0.15) is 30.9 Å². The van der Waals surface area contributed by atoms with Crippen molar-refractivity contribution in [2.45, 2.75) is 19.8 Å². The van der Waals surface area contributed by atoms with Crippen LogP contribution in [0.25, 0.3) is 0 Å². The van der Waals surface area contributed by atoms with Gasteiger partial charge in [-0.2, -0.15) is 0 Å². The van der Waals surface area contributed by atoms with Gasteiger partial charge in [0.2, 0.25) is 0 Å². The van der Waals surface area contributed by atoms with Crippen LogP contribution >= 0.6 is 15.9 Å². The van der Waals surface area contributed by atoms with Gasteiger partial charge < -0.3 is 5.11 Å². The number of rotatable bonds is 2. The Kier molecular flexibility index (Phi) is 3.29. The minimum absolute atomic E-state index is 0.472. The molecule has 0 aliphatic heterocycles. The van der Waals surface area contributed by atoms with E-state index in [0.29, 0.717) is 5.92 Å². The van der Waals surface area contributed by atoms with E-state index in [9.17, 15) is 0 Å². The molecule has 0 aliphatic carbocycles. The summed E-state index contributed by atoms with van der Waals surface area (Å²) in [4.78, 5) is 0. The van der Waals surface area contributed by atoms with Crippen molar-refractivity contribution >= 4 is 15.9 Å². The van der Waals surface area contributed by atoms with Crippen LogP contribution in [-0.4, -0.2) is 5.11 Å². The minimum Gasteiger partial charge on any atom is -0.385 e. The van der Waals surface area contributed by atoms with Crippen molar-refractivity contribution < 1.29 is 5.11 Å². The van der Waals surface area contributed by atoms with Crippen LogP contribution in [-0.2, 0) is 0 Å². The molecule has 0 aliphatic rings. The molecule has 0 atom stereocenters. The lowest BCUT2D eigenvalue weighted by molar-refractivity contribution is 0.414. The molecule has 1 aromatic carbocycles. The molecule has 0 bridgehead atoms. The second-order valence-electron chi connectivity index (χ2n) is 3.03. The van der Waals surface area contributed by atoms with Crippen LogP contribution in [0.2, 0.25) is 0 Å². The summed E-state index contributed by atoms with van der Waals surface area (Å²) in [5.41, 5.74) is 2.05. The van der Waals surface area contributed by atoms with Crippen LogP contribution < -0.4 is 0 Å². The van der Waals surface area contributed by atoms with Crippen LogP contribution in [0.4, 0.5) is 0 Å². The van der Waals surface area contributed by atoms with Crippen molar-refractivity contribution in [3.05, 3.63) is 40.4 Å². The number of aliphatic hydroxyl groups is 1. The molecule has 1 N–H and O–H groups in total. The Morgan fingerprint density at radius 1 is 1.42 bits per heavy atom. The summed E-state index contributed by atoms with van der Waals surface area (Å²) >= 11 is 3.45. The lowest BCUT2D eigenvalue weighted by atomic mass is 10.0. The summed E-state index contributed by atoms with van der Waals surface area (Å²) in [6.07, 6.45) is 0. The summed E-state index contributed by atoms with van der Waals surface area (Å²) < 4.78 is 0.988. The molecule has 65 valence electrons. The third-order valence-electron chi connectivity index (χ3n) is 1.82. The summed E-state index contributed by atoms with van der Waals surface area (Å²) in [6, 6.07) is 5.87. The molecule has 1 rings (SSSR count). The van der Waals surface area contributed by atoms with E-state index in [1.165, 1.54) is 5.56 Å². The van der Waals surface area contributed by atoms with E-state index in [1.807, 2.05) is 12.1 Å². The van der Waals surface area contributed by atoms with Gasteiger partial charge in [-0.25, -0.2) is 0 Å². The summed E-state index contributed by atoms with van der Waals surface area (Å²) in [7, 11) is 0. The van der Waals surface area contributed by atoms with Gasteiger partial charge in [0.1, 0.15) is 6.61 Å². The molecule has 0 saturated heterocycles. The first-order valence-corrected chi connectivity index (χ1v) is 4.72. The highest BCUT2D eigenvalue weighted by Crippen LogP contribution is 2.28. The Hall–Kier alpha value is -0.340. The molecule has 1 aromatic rings. The number of aliphatic hydroxyl groups excluding tert-OH is 1. The van der Waals surface area contributed by atoms with E-state index < -0.39 is 0 Å².